The van der Waals surface area contributed by atoms with Gasteiger partial charge in [0.25, 0.3) is 10.0 Å². The van der Waals surface area contributed by atoms with Gasteiger partial charge in [0.05, 0.1) is 16.1 Å². The van der Waals surface area contributed by atoms with Gasteiger partial charge in [-0.05, 0) is 43.3 Å². The Hall–Kier alpha value is -3.33. The zero-order chi connectivity index (χ0) is 18.9. The number of fused-ring (bicyclic) bond motifs is 1. The van der Waals surface area contributed by atoms with Gasteiger partial charge in [0, 0.05) is 11.6 Å². The molecule has 0 saturated carbocycles. The first-order valence-corrected chi connectivity index (χ1v) is 9.08. The van der Waals surface area contributed by atoms with Crippen LogP contribution in [-0.4, -0.2) is 24.3 Å². The standard InChI is InChI=1S/C17H18N6O2S/c1-11-2-5-14(6-3-11)26(24,25)23-9-8-12-10-13(4-7-15(12)23)21-17(20)22-16(18)19/h2-10H,1H3,(H6,18,19,20,21,22). The summed E-state index contributed by atoms with van der Waals surface area (Å²) < 4.78 is 27.0. The number of nitrogens with zero attached hydrogens (tertiary/aromatic N) is 3. The van der Waals surface area contributed by atoms with Crippen LogP contribution in [0.1, 0.15) is 5.56 Å². The molecule has 0 fully saturated rings. The van der Waals surface area contributed by atoms with Crippen molar-refractivity contribution in [1.82, 2.24) is 3.97 Å². The molecule has 3 rings (SSSR count). The van der Waals surface area contributed by atoms with Gasteiger partial charge in [-0.15, -0.1) is 0 Å². The van der Waals surface area contributed by atoms with E-state index in [0.29, 0.717) is 16.6 Å². The van der Waals surface area contributed by atoms with E-state index in [1.54, 1.807) is 48.5 Å². The van der Waals surface area contributed by atoms with E-state index in [9.17, 15) is 8.42 Å². The topological polar surface area (TPSA) is 142 Å². The molecule has 0 saturated heterocycles. The van der Waals surface area contributed by atoms with Gasteiger partial charge in [-0.1, -0.05) is 17.7 Å². The van der Waals surface area contributed by atoms with Crippen molar-refractivity contribution < 1.29 is 8.42 Å². The molecule has 0 spiro atoms. The zero-order valence-electron chi connectivity index (χ0n) is 14.0. The Morgan fingerprint density at radius 3 is 2.35 bits per heavy atom. The van der Waals surface area contributed by atoms with Gasteiger partial charge in [0.1, 0.15) is 0 Å². The number of aliphatic imine (C=N–C) groups is 2. The maximum atomic E-state index is 12.9. The van der Waals surface area contributed by atoms with Crippen LogP contribution in [0, 0.1) is 6.92 Å². The SMILES string of the molecule is Cc1ccc(S(=O)(=O)n2ccc3cc(N=C(N)N=C(N)N)ccc32)cc1. The van der Waals surface area contributed by atoms with Gasteiger partial charge in [-0.2, -0.15) is 4.99 Å². The molecule has 9 heteroatoms. The first kappa shape index (κ1) is 17.5. The van der Waals surface area contributed by atoms with Crippen molar-refractivity contribution in [3.8, 4) is 0 Å². The van der Waals surface area contributed by atoms with Crippen LogP contribution in [0.3, 0.4) is 0 Å². The number of aromatic nitrogens is 1. The summed E-state index contributed by atoms with van der Waals surface area (Å²) in [4.78, 5) is 7.94. The molecule has 26 heavy (non-hydrogen) atoms. The number of rotatable bonds is 3. The Balaban J connectivity index is 2.05. The molecule has 0 radical (unpaired) electrons. The van der Waals surface area contributed by atoms with Gasteiger partial charge >= 0.3 is 0 Å². The van der Waals surface area contributed by atoms with Gasteiger partial charge in [-0.3, -0.25) is 0 Å². The summed E-state index contributed by atoms with van der Waals surface area (Å²) in [6.45, 7) is 1.90. The smallest absolute Gasteiger partial charge is 0.268 e. The number of aryl methyl sites for hydroxylation is 1. The zero-order valence-corrected chi connectivity index (χ0v) is 14.8. The summed E-state index contributed by atoms with van der Waals surface area (Å²) in [7, 11) is -3.69. The van der Waals surface area contributed by atoms with Crippen molar-refractivity contribution in [1.29, 1.82) is 0 Å². The summed E-state index contributed by atoms with van der Waals surface area (Å²) >= 11 is 0. The summed E-state index contributed by atoms with van der Waals surface area (Å²) in [5.74, 6) is -0.279. The van der Waals surface area contributed by atoms with E-state index in [1.807, 2.05) is 6.92 Å². The van der Waals surface area contributed by atoms with E-state index in [-0.39, 0.29) is 16.8 Å². The average molecular weight is 370 g/mol. The van der Waals surface area contributed by atoms with Crippen LogP contribution in [-0.2, 0) is 10.0 Å². The normalized spacial score (nSPS) is 12.3. The summed E-state index contributed by atoms with van der Waals surface area (Å²) in [6, 6.07) is 13.4. The number of nitrogens with two attached hydrogens (primary N) is 3. The molecule has 3 aromatic rings. The maximum Gasteiger partial charge on any atom is 0.268 e. The first-order valence-electron chi connectivity index (χ1n) is 7.64. The van der Waals surface area contributed by atoms with E-state index in [0.717, 1.165) is 5.56 Å². The van der Waals surface area contributed by atoms with E-state index in [1.165, 1.54) is 10.2 Å². The van der Waals surface area contributed by atoms with Crippen LogP contribution in [0.25, 0.3) is 10.9 Å². The van der Waals surface area contributed by atoms with Gasteiger partial charge in [0.2, 0.25) is 5.96 Å². The molecular formula is C17H18N6O2S. The van der Waals surface area contributed by atoms with Crippen LogP contribution in [0.2, 0.25) is 0 Å². The maximum absolute atomic E-state index is 12.9. The van der Waals surface area contributed by atoms with E-state index in [4.69, 9.17) is 17.2 Å². The van der Waals surface area contributed by atoms with Gasteiger partial charge in [0.15, 0.2) is 5.96 Å². The lowest BCUT2D eigenvalue weighted by Gasteiger charge is -2.08. The monoisotopic (exact) mass is 370 g/mol. The number of benzene rings is 2. The lowest BCUT2D eigenvalue weighted by atomic mass is 10.2. The Morgan fingerprint density at radius 2 is 1.69 bits per heavy atom. The third-order valence-corrected chi connectivity index (χ3v) is 5.41. The second-order valence-corrected chi connectivity index (χ2v) is 7.49. The van der Waals surface area contributed by atoms with Crippen LogP contribution >= 0.6 is 0 Å². The Kier molecular flexibility index (Phi) is 4.39. The summed E-state index contributed by atoms with van der Waals surface area (Å²) in [5.41, 5.74) is 18.1. The largest absolute Gasteiger partial charge is 0.370 e. The highest BCUT2D eigenvalue weighted by molar-refractivity contribution is 7.90. The fraction of sp³-hybridized carbons (Fsp3) is 0.0588. The Morgan fingerprint density at radius 1 is 1.00 bits per heavy atom. The van der Waals surface area contributed by atoms with E-state index < -0.39 is 10.0 Å². The lowest BCUT2D eigenvalue weighted by molar-refractivity contribution is 0.589. The highest BCUT2D eigenvalue weighted by Gasteiger charge is 2.18. The fourth-order valence-corrected chi connectivity index (χ4v) is 3.85. The van der Waals surface area contributed by atoms with Crippen molar-refractivity contribution >= 4 is 38.5 Å². The minimum absolute atomic E-state index is 0.0870. The Labute approximate surface area is 150 Å². The molecule has 0 aliphatic carbocycles. The first-order chi connectivity index (χ1) is 12.3. The molecule has 0 aliphatic rings. The lowest BCUT2D eigenvalue weighted by Crippen LogP contribution is -2.26. The predicted octanol–water partition coefficient (Wildman–Crippen LogP) is 1.41. The molecule has 6 N–H and O–H groups in total. The second-order valence-electron chi connectivity index (χ2n) is 5.68. The van der Waals surface area contributed by atoms with Crippen LogP contribution < -0.4 is 17.2 Å². The van der Waals surface area contributed by atoms with Crippen LogP contribution in [0.15, 0.2) is 69.6 Å². The van der Waals surface area contributed by atoms with Crippen molar-refractivity contribution in [2.24, 2.45) is 27.2 Å². The summed E-state index contributed by atoms with van der Waals surface area (Å²) in [6.07, 6.45) is 1.51. The molecule has 0 amide bonds. The highest BCUT2D eigenvalue weighted by Crippen LogP contribution is 2.26. The fourth-order valence-electron chi connectivity index (χ4n) is 2.50. The average Bonchev–Trinajstić information content (AvgIpc) is 2.98. The Bertz CT molecular complexity index is 1120. The predicted molar refractivity (Wildman–Crippen MR) is 103 cm³/mol. The molecule has 0 aliphatic heterocycles. The minimum Gasteiger partial charge on any atom is -0.370 e. The van der Waals surface area contributed by atoms with Crippen molar-refractivity contribution in [2.45, 2.75) is 11.8 Å². The highest BCUT2D eigenvalue weighted by atomic mass is 32.2. The van der Waals surface area contributed by atoms with Crippen molar-refractivity contribution in [3.63, 3.8) is 0 Å². The number of hydrogen-bond acceptors (Lipinski definition) is 3. The quantitative estimate of drug-likeness (QED) is 0.472. The van der Waals surface area contributed by atoms with Crippen molar-refractivity contribution in [2.75, 3.05) is 0 Å². The van der Waals surface area contributed by atoms with E-state index in [2.05, 4.69) is 9.98 Å². The van der Waals surface area contributed by atoms with Crippen LogP contribution in [0.4, 0.5) is 5.69 Å². The molecule has 1 aromatic heterocycles. The molecule has 8 nitrogen and oxygen atoms in total. The number of guanidine groups is 2. The molecule has 0 atom stereocenters. The van der Waals surface area contributed by atoms with E-state index >= 15 is 0 Å². The molecule has 0 bridgehead atoms. The number of hydrogen-bond donors (Lipinski definition) is 3. The van der Waals surface area contributed by atoms with Gasteiger partial charge < -0.3 is 17.2 Å². The minimum atomic E-state index is -3.69. The third kappa shape index (κ3) is 3.38. The second kappa shape index (κ2) is 6.52. The molecule has 2 aromatic carbocycles. The molecular weight excluding hydrogens is 352 g/mol. The molecule has 1 heterocycles. The third-order valence-electron chi connectivity index (χ3n) is 3.70. The van der Waals surface area contributed by atoms with Gasteiger partial charge in [-0.25, -0.2) is 17.4 Å². The van der Waals surface area contributed by atoms with Crippen LogP contribution in [0.5, 0.6) is 0 Å². The molecule has 134 valence electrons. The molecule has 0 unspecified atom stereocenters. The summed E-state index contributed by atoms with van der Waals surface area (Å²) in [5, 5.41) is 0.694. The van der Waals surface area contributed by atoms with Crippen molar-refractivity contribution in [3.05, 3.63) is 60.3 Å².